The number of carbonyl (C=O) groups excluding carboxylic acids is 1. The van der Waals surface area contributed by atoms with Crippen LogP contribution in [0.15, 0.2) is 86.0 Å². The highest BCUT2D eigenvalue weighted by atomic mass is 16.5. The van der Waals surface area contributed by atoms with Gasteiger partial charge in [0.1, 0.15) is 5.69 Å². The van der Waals surface area contributed by atoms with Crippen LogP contribution in [0.2, 0.25) is 0 Å². The Kier molecular flexibility index (Phi) is 5.76. The predicted molar refractivity (Wildman–Crippen MR) is 125 cm³/mol. The number of aromatic nitrogens is 2. The van der Waals surface area contributed by atoms with Gasteiger partial charge in [0.15, 0.2) is 5.82 Å². The molecule has 1 aliphatic rings. The molecule has 1 aromatic heterocycles. The molecule has 1 aliphatic heterocycles. The van der Waals surface area contributed by atoms with Gasteiger partial charge in [0.25, 0.3) is 0 Å². The molecule has 0 amide bonds. The first kappa shape index (κ1) is 20.3. The molecular formula is C26H23N3O2. The number of para-hydroxylation sites is 1. The number of methoxy groups -OCH3 is 1. The first-order valence-corrected chi connectivity index (χ1v) is 10.1. The van der Waals surface area contributed by atoms with Gasteiger partial charge in [0.05, 0.1) is 23.7 Å². The third-order valence-corrected chi connectivity index (χ3v) is 5.26. The molecule has 31 heavy (non-hydrogen) atoms. The lowest BCUT2D eigenvalue weighted by Crippen LogP contribution is -2.17. The Bertz CT molecular complexity index is 1240. The minimum atomic E-state index is -0.381. The molecule has 0 N–H and O–H groups in total. The van der Waals surface area contributed by atoms with Crippen LogP contribution < -0.4 is 4.90 Å². The predicted octanol–water partition coefficient (Wildman–Crippen LogP) is 5.58. The summed E-state index contributed by atoms with van der Waals surface area (Å²) in [5.74, 6) is 0.421. The Labute approximate surface area is 181 Å². The third-order valence-electron chi connectivity index (χ3n) is 5.26. The van der Waals surface area contributed by atoms with E-state index in [1.807, 2.05) is 42.5 Å². The van der Waals surface area contributed by atoms with Crippen molar-refractivity contribution in [2.24, 2.45) is 0 Å². The van der Waals surface area contributed by atoms with E-state index in [2.05, 4.69) is 36.3 Å². The lowest BCUT2D eigenvalue weighted by Gasteiger charge is -2.22. The lowest BCUT2D eigenvalue weighted by atomic mass is 10.1. The molecule has 0 aliphatic carbocycles. The van der Waals surface area contributed by atoms with Gasteiger partial charge in [0.2, 0.25) is 0 Å². The van der Waals surface area contributed by atoms with Crippen LogP contribution >= 0.6 is 0 Å². The van der Waals surface area contributed by atoms with Crippen molar-refractivity contribution < 1.29 is 9.53 Å². The van der Waals surface area contributed by atoms with E-state index >= 15 is 0 Å². The van der Waals surface area contributed by atoms with Crippen molar-refractivity contribution in [2.75, 3.05) is 18.6 Å². The van der Waals surface area contributed by atoms with Gasteiger partial charge >= 0.3 is 5.97 Å². The summed E-state index contributed by atoms with van der Waals surface area (Å²) >= 11 is 0. The van der Waals surface area contributed by atoms with Crippen molar-refractivity contribution in [1.82, 2.24) is 9.97 Å². The summed E-state index contributed by atoms with van der Waals surface area (Å²) in [6.45, 7) is 6.84. The maximum atomic E-state index is 12.0. The van der Waals surface area contributed by atoms with Crippen LogP contribution in [0.1, 0.15) is 15.9 Å². The summed E-state index contributed by atoms with van der Waals surface area (Å²) < 4.78 is 4.86. The number of fused-ring (bicyclic) bond motifs is 2. The summed E-state index contributed by atoms with van der Waals surface area (Å²) in [7, 11) is 1.38. The van der Waals surface area contributed by atoms with Crippen LogP contribution in [0.3, 0.4) is 0 Å². The zero-order valence-electron chi connectivity index (χ0n) is 17.4. The molecule has 0 radical (unpaired) electrons. The molecule has 0 atom stereocenters. The van der Waals surface area contributed by atoms with Gasteiger partial charge in [0, 0.05) is 17.8 Å². The summed E-state index contributed by atoms with van der Waals surface area (Å²) in [5, 5.41) is 0. The van der Waals surface area contributed by atoms with E-state index in [1.165, 1.54) is 12.7 Å². The second-order valence-electron chi connectivity index (χ2n) is 6.99. The van der Waals surface area contributed by atoms with Crippen molar-refractivity contribution in [3.8, 4) is 11.3 Å². The minimum Gasteiger partial charge on any atom is -0.465 e. The summed E-state index contributed by atoms with van der Waals surface area (Å²) in [5.41, 5.74) is 6.19. The van der Waals surface area contributed by atoms with Crippen molar-refractivity contribution in [3.05, 3.63) is 97.1 Å². The second-order valence-corrected chi connectivity index (χ2v) is 6.99. The molecule has 5 nitrogen and oxygen atoms in total. The monoisotopic (exact) mass is 409 g/mol. The Morgan fingerprint density at radius 3 is 2.45 bits per heavy atom. The smallest absolute Gasteiger partial charge is 0.337 e. The molecule has 5 rings (SSSR count). The summed E-state index contributed by atoms with van der Waals surface area (Å²) in [6.07, 6.45) is 0.965. The Morgan fingerprint density at radius 2 is 1.68 bits per heavy atom. The highest BCUT2D eigenvalue weighted by Gasteiger charge is 2.25. The third kappa shape index (κ3) is 3.78. The van der Waals surface area contributed by atoms with Crippen LogP contribution in [0, 0.1) is 0 Å². The SMILES string of the molecule is C=C.COC(=O)c1ccc2nc(-c3ccccc3)c(N3CCc4ccccc43)nc2c1. The van der Waals surface area contributed by atoms with Crippen LogP contribution in [0.4, 0.5) is 11.5 Å². The molecule has 3 aromatic carbocycles. The molecule has 2 heterocycles. The quantitative estimate of drug-likeness (QED) is 0.327. The molecule has 0 fully saturated rings. The van der Waals surface area contributed by atoms with Gasteiger partial charge in [-0.1, -0.05) is 48.5 Å². The fourth-order valence-corrected chi connectivity index (χ4v) is 3.83. The average Bonchev–Trinajstić information content (AvgIpc) is 3.28. The van der Waals surface area contributed by atoms with Crippen molar-refractivity contribution >= 4 is 28.5 Å². The average molecular weight is 409 g/mol. The Balaban J connectivity index is 0.00000112. The van der Waals surface area contributed by atoms with E-state index in [0.29, 0.717) is 11.1 Å². The van der Waals surface area contributed by atoms with Gasteiger partial charge in [-0.2, -0.15) is 0 Å². The number of rotatable bonds is 3. The standard InChI is InChI=1S/C24H19N3O2.C2H4/c1-29-24(28)18-11-12-19-20(15-18)26-23(22(25-19)17-8-3-2-4-9-17)27-14-13-16-7-5-6-10-21(16)27;1-2/h2-12,15H,13-14H2,1H3;1-2H2. The van der Waals surface area contributed by atoms with E-state index in [0.717, 1.165) is 41.2 Å². The van der Waals surface area contributed by atoms with E-state index in [-0.39, 0.29) is 5.97 Å². The number of benzene rings is 3. The molecule has 0 saturated heterocycles. The van der Waals surface area contributed by atoms with Gasteiger partial charge in [-0.25, -0.2) is 14.8 Å². The molecule has 0 spiro atoms. The van der Waals surface area contributed by atoms with E-state index in [1.54, 1.807) is 12.1 Å². The number of nitrogens with zero attached hydrogens (tertiary/aromatic N) is 3. The highest BCUT2D eigenvalue weighted by Crippen LogP contribution is 2.38. The zero-order chi connectivity index (χ0) is 21.8. The largest absolute Gasteiger partial charge is 0.465 e. The first-order chi connectivity index (χ1) is 15.2. The Morgan fingerprint density at radius 1 is 0.935 bits per heavy atom. The molecule has 4 aromatic rings. The van der Waals surface area contributed by atoms with Gasteiger partial charge in [-0.05, 0) is 36.2 Å². The number of esters is 1. The zero-order valence-corrected chi connectivity index (χ0v) is 17.4. The van der Waals surface area contributed by atoms with E-state index in [4.69, 9.17) is 14.7 Å². The molecular weight excluding hydrogens is 386 g/mol. The van der Waals surface area contributed by atoms with Crippen molar-refractivity contribution in [3.63, 3.8) is 0 Å². The molecule has 0 bridgehead atoms. The number of ether oxygens (including phenoxy) is 1. The van der Waals surface area contributed by atoms with Crippen LogP contribution in [-0.2, 0) is 11.2 Å². The molecule has 0 saturated carbocycles. The second kappa shape index (κ2) is 8.79. The van der Waals surface area contributed by atoms with Crippen molar-refractivity contribution in [2.45, 2.75) is 6.42 Å². The maximum absolute atomic E-state index is 12.0. The molecule has 0 unspecified atom stereocenters. The molecule has 154 valence electrons. The number of hydrogen-bond donors (Lipinski definition) is 0. The van der Waals surface area contributed by atoms with Gasteiger partial charge < -0.3 is 9.64 Å². The summed E-state index contributed by atoms with van der Waals surface area (Å²) in [6, 6.07) is 23.8. The van der Waals surface area contributed by atoms with Crippen LogP contribution in [0.25, 0.3) is 22.3 Å². The van der Waals surface area contributed by atoms with Crippen LogP contribution in [0.5, 0.6) is 0 Å². The fraction of sp³-hybridized carbons (Fsp3) is 0.115. The number of anilines is 2. The maximum Gasteiger partial charge on any atom is 0.337 e. The normalized spacial score (nSPS) is 12.1. The van der Waals surface area contributed by atoms with Crippen LogP contribution in [-0.4, -0.2) is 29.6 Å². The first-order valence-electron chi connectivity index (χ1n) is 10.1. The van der Waals surface area contributed by atoms with Crippen molar-refractivity contribution in [1.29, 1.82) is 0 Å². The van der Waals surface area contributed by atoms with E-state index in [9.17, 15) is 4.79 Å². The van der Waals surface area contributed by atoms with Gasteiger partial charge in [-0.3, -0.25) is 0 Å². The lowest BCUT2D eigenvalue weighted by molar-refractivity contribution is 0.0601. The van der Waals surface area contributed by atoms with Gasteiger partial charge in [-0.15, -0.1) is 13.2 Å². The highest BCUT2D eigenvalue weighted by molar-refractivity contribution is 5.95. The fourth-order valence-electron chi connectivity index (χ4n) is 3.83. The minimum absolute atomic E-state index is 0.381. The van der Waals surface area contributed by atoms with E-state index < -0.39 is 0 Å². The summed E-state index contributed by atoms with van der Waals surface area (Å²) in [4.78, 5) is 24.1. The Hall–Kier alpha value is -3.99. The topological polar surface area (TPSA) is 55.3 Å². The number of hydrogen-bond acceptors (Lipinski definition) is 5. The molecule has 5 heteroatoms. The number of carbonyl (C=O) groups is 1.